The van der Waals surface area contributed by atoms with Gasteiger partial charge in [-0.25, -0.2) is 9.97 Å². The molecule has 1 atom stereocenters. The monoisotopic (exact) mass is 251 g/mol. The van der Waals surface area contributed by atoms with E-state index in [1.165, 1.54) is 12.7 Å². The van der Waals surface area contributed by atoms with E-state index in [0.29, 0.717) is 12.5 Å². The van der Waals surface area contributed by atoms with Gasteiger partial charge in [-0.15, -0.1) is 0 Å². The van der Waals surface area contributed by atoms with Crippen LogP contribution in [0.4, 0.5) is 0 Å². The third-order valence-corrected chi connectivity index (χ3v) is 2.99. The van der Waals surface area contributed by atoms with Crippen molar-refractivity contribution in [3.63, 3.8) is 0 Å². The van der Waals surface area contributed by atoms with Crippen LogP contribution in [0, 0.1) is 0 Å². The molecule has 5 nitrogen and oxygen atoms in total. The fourth-order valence-corrected chi connectivity index (χ4v) is 1.97. The standard InChI is InChI=1S/C13H21N3O2/c1-2-14-7-11-8-15-10-16-13(11)18-9-12-5-3-4-6-17-12/h8,10,12,14H,2-7,9H2,1H3. The first-order valence-electron chi connectivity index (χ1n) is 6.64. The van der Waals surface area contributed by atoms with E-state index < -0.39 is 0 Å². The van der Waals surface area contributed by atoms with Gasteiger partial charge in [-0.05, 0) is 25.8 Å². The lowest BCUT2D eigenvalue weighted by Crippen LogP contribution is -2.26. The lowest BCUT2D eigenvalue weighted by atomic mass is 10.1. The normalized spacial score (nSPS) is 19.7. The Hall–Kier alpha value is -1.20. The van der Waals surface area contributed by atoms with Gasteiger partial charge in [0.05, 0.1) is 6.10 Å². The van der Waals surface area contributed by atoms with Gasteiger partial charge in [0.25, 0.3) is 0 Å². The molecule has 5 heteroatoms. The van der Waals surface area contributed by atoms with Gasteiger partial charge in [0, 0.05) is 24.9 Å². The van der Waals surface area contributed by atoms with Crippen molar-refractivity contribution in [1.82, 2.24) is 15.3 Å². The highest BCUT2D eigenvalue weighted by Gasteiger charge is 2.15. The molecular weight excluding hydrogens is 230 g/mol. The quantitative estimate of drug-likeness (QED) is 0.831. The summed E-state index contributed by atoms with van der Waals surface area (Å²) in [4.78, 5) is 8.22. The minimum Gasteiger partial charge on any atom is -0.475 e. The maximum atomic E-state index is 5.76. The van der Waals surface area contributed by atoms with Crippen LogP contribution < -0.4 is 10.1 Å². The summed E-state index contributed by atoms with van der Waals surface area (Å²) < 4.78 is 11.4. The van der Waals surface area contributed by atoms with Crippen molar-refractivity contribution in [1.29, 1.82) is 0 Å². The van der Waals surface area contributed by atoms with Crippen LogP contribution in [0.1, 0.15) is 31.7 Å². The van der Waals surface area contributed by atoms with Gasteiger partial charge in [-0.3, -0.25) is 0 Å². The first kappa shape index (κ1) is 13.2. The minimum atomic E-state index is 0.209. The van der Waals surface area contributed by atoms with E-state index in [1.807, 2.05) is 0 Å². The van der Waals surface area contributed by atoms with Crippen molar-refractivity contribution in [3.8, 4) is 5.88 Å². The van der Waals surface area contributed by atoms with Gasteiger partial charge < -0.3 is 14.8 Å². The molecular formula is C13H21N3O2. The second-order valence-corrected chi connectivity index (χ2v) is 4.43. The van der Waals surface area contributed by atoms with Crippen molar-refractivity contribution in [2.24, 2.45) is 0 Å². The summed E-state index contributed by atoms with van der Waals surface area (Å²) in [5.74, 6) is 0.667. The molecule has 0 bridgehead atoms. The Labute approximate surface area is 108 Å². The van der Waals surface area contributed by atoms with Crippen LogP contribution in [0.3, 0.4) is 0 Å². The van der Waals surface area contributed by atoms with Gasteiger partial charge in [0.2, 0.25) is 5.88 Å². The molecule has 2 heterocycles. The van der Waals surface area contributed by atoms with E-state index in [1.54, 1.807) is 6.20 Å². The van der Waals surface area contributed by atoms with E-state index in [-0.39, 0.29) is 6.10 Å². The van der Waals surface area contributed by atoms with Gasteiger partial charge in [0.1, 0.15) is 12.9 Å². The highest BCUT2D eigenvalue weighted by molar-refractivity contribution is 5.21. The molecule has 0 aromatic carbocycles. The molecule has 1 unspecified atom stereocenters. The summed E-state index contributed by atoms with van der Waals surface area (Å²) in [7, 11) is 0. The highest BCUT2D eigenvalue weighted by atomic mass is 16.5. The van der Waals surface area contributed by atoms with Gasteiger partial charge >= 0.3 is 0 Å². The van der Waals surface area contributed by atoms with E-state index in [4.69, 9.17) is 9.47 Å². The minimum absolute atomic E-state index is 0.209. The number of hydrogen-bond donors (Lipinski definition) is 1. The smallest absolute Gasteiger partial charge is 0.221 e. The highest BCUT2D eigenvalue weighted by Crippen LogP contribution is 2.17. The Morgan fingerprint density at radius 3 is 3.22 bits per heavy atom. The van der Waals surface area contributed by atoms with Crippen LogP contribution in [-0.2, 0) is 11.3 Å². The molecule has 0 saturated carbocycles. The second-order valence-electron chi connectivity index (χ2n) is 4.43. The Morgan fingerprint density at radius 1 is 1.50 bits per heavy atom. The third kappa shape index (κ3) is 3.92. The molecule has 0 spiro atoms. The summed E-state index contributed by atoms with van der Waals surface area (Å²) >= 11 is 0. The number of hydrogen-bond acceptors (Lipinski definition) is 5. The van der Waals surface area contributed by atoms with Gasteiger partial charge in [-0.2, -0.15) is 0 Å². The number of rotatable bonds is 6. The van der Waals surface area contributed by atoms with E-state index in [0.717, 1.165) is 38.1 Å². The van der Waals surface area contributed by atoms with E-state index in [9.17, 15) is 0 Å². The van der Waals surface area contributed by atoms with Crippen molar-refractivity contribution in [2.75, 3.05) is 19.8 Å². The predicted octanol–water partition coefficient (Wildman–Crippen LogP) is 1.53. The van der Waals surface area contributed by atoms with E-state index in [2.05, 4.69) is 22.2 Å². The number of ether oxygens (including phenoxy) is 2. The topological polar surface area (TPSA) is 56.3 Å². The molecule has 1 aliphatic heterocycles. The van der Waals surface area contributed by atoms with Crippen molar-refractivity contribution < 1.29 is 9.47 Å². The number of nitrogens with one attached hydrogen (secondary N) is 1. The average Bonchev–Trinajstić information content (AvgIpc) is 2.45. The summed E-state index contributed by atoms with van der Waals surface area (Å²) in [6, 6.07) is 0. The summed E-state index contributed by atoms with van der Waals surface area (Å²) in [6.07, 6.45) is 6.99. The lowest BCUT2D eigenvalue weighted by molar-refractivity contribution is -0.0121. The Kier molecular flexibility index (Phi) is 5.36. The predicted molar refractivity (Wildman–Crippen MR) is 68.5 cm³/mol. The fraction of sp³-hybridized carbons (Fsp3) is 0.692. The Bertz CT molecular complexity index is 354. The van der Waals surface area contributed by atoms with Gasteiger partial charge in [0.15, 0.2) is 0 Å². The van der Waals surface area contributed by atoms with Crippen LogP contribution in [0.2, 0.25) is 0 Å². The first-order chi connectivity index (χ1) is 8.90. The molecule has 0 radical (unpaired) electrons. The largest absolute Gasteiger partial charge is 0.475 e. The molecule has 0 aliphatic carbocycles. The maximum Gasteiger partial charge on any atom is 0.221 e. The Morgan fingerprint density at radius 2 is 2.44 bits per heavy atom. The van der Waals surface area contributed by atoms with E-state index >= 15 is 0 Å². The molecule has 2 rings (SSSR count). The fourth-order valence-electron chi connectivity index (χ4n) is 1.97. The molecule has 1 aromatic heterocycles. The van der Waals surface area contributed by atoms with Gasteiger partial charge in [-0.1, -0.05) is 6.92 Å². The summed E-state index contributed by atoms with van der Waals surface area (Å²) in [5, 5.41) is 3.25. The molecule has 1 fully saturated rings. The molecule has 1 saturated heterocycles. The first-order valence-corrected chi connectivity index (χ1v) is 6.64. The zero-order valence-electron chi connectivity index (χ0n) is 10.9. The number of nitrogens with zero attached hydrogens (tertiary/aromatic N) is 2. The van der Waals surface area contributed by atoms with Crippen molar-refractivity contribution in [2.45, 2.75) is 38.8 Å². The average molecular weight is 251 g/mol. The van der Waals surface area contributed by atoms with Crippen LogP contribution >= 0.6 is 0 Å². The molecule has 100 valence electrons. The third-order valence-electron chi connectivity index (χ3n) is 2.99. The van der Waals surface area contributed by atoms with Crippen LogP contribution in [-0.4, -0.2) is 35.8 Å². The van der Waals surface area contributed by atoms with Crippen LogP contribution in [0.5, 0.6) is 5.88 Å². The zero-order valence-corrected chi connectivity index (χ0v) is 10.9. The van der Waals surface area contributed by atoms with Crippen LogP contribution in [0.15, 0.2) is 12.5 Å². The second kappa shape index (κ2) is 7.28. The summed E-state index contributed by atoms with van der Waals surface area (Å²) in [6.45, 7) is 5.15. The van der Waals surface area contributed by atoms with Crippen molar-refractivity contribution in [3.05, 3.63) is 18.1 Å². The maximum absolute atomic E-state index is 5.76. The zero-order chi connectivity index (χ0) is 12.6. The van der Waals surface area contributed by atoms with Crippen LogP contribution in [0.25, 0.3) is 0 Å². The van der Waals surface area contributed by atoms with Crippen molar-refractivity contribution >= 4 is 0 Å². The Balaban J connectivity index is 1.87. The molecule has 18 heavy (non-hydrogen) atoms. The number of aromatic nitrogens is 2. The summed E-state index contributed by atoms with van der Waals surface area (Å²) in [5.41, 5.74) is 0.996. The molecule has 1 N–H and O–H groups in total. The molecule has 1 aliphatic rings. The molecule has 1 aromatic rings. The molecule has 0 amide bonds. The SMILES string of the molecule is CCNCc1cncnc1OCC1CCCCO1. The lowest BCUT2D eigenvalue weighted by Gasteiger charge is -2.22.